The Labute approximate surface area is 115 Å². The van der Waals surface area contributed by atoms with Gasteiger partial charge in [-0.15, -0.1) is 0 Å². The highest BCUT2D eigenvalue weighted by Crippen LogP contribution is 2.21. The first-order valence-electron chi connectivity index (χ1n) is 5.49. The molecule has 0 aliphatic rings. The molecule has 5 heteroatoms. The largest absolute Gasteiger partial charge is 0.478 e. The number of hydrogen-bond acceptors (Lipinski definition) is 3. The van der Waals surface area contributed by atoms with Crippen LogP contribution in [0.15, 0.2) is 34.8 Å². The molecule has 98 valence electrons. The van der Waals surface area contributed by atoms with Crippen LogP contribution in [0.3, 0.4) is 0 Å². The highest BCUT2D eigenvalue weighted by molar-refractivity contribution is 9.10. The fourth-order valence-electron chi connectivity index (χ4n) is 1.35. The Hall–Kier alpha value is -1.33. The molecule has 2 N–H and O–H groups in total. The first-order chi connectivity index (χ1) is 8.50. The SMILES string of the molecule is C=C(C)COCCNc1cc(Br)ccc1C(=O)O. The van der Waals surface area contributed by atoms with Gasteiger partial charge in [0.25, 0.3) is 0 Å². The molecule has 1 aromatic carbocycles. The Morgan fingerprint density at radius 1 is 1.56 bits per heavy atom. The van der Waals surface area contributed by atoms with Crippen molar-refractivity contribution in [1.29, 1.82) is 0 Å². The highest BCUT2D eigenvalue weighted by Gasteiger charge is 2.09. The monoisotopic (exact) mass is 313 g/mol. The summed E-state index contributed by atoms with van der Waals surface area (Å²) in [6, 6.07) is 5.00. The second kappa shape index (κ2) is 7.18. The fourth-order valence-corrected chi connectivity index (χ4v) is 1.71. The van der Waals surface area contributed by atoms with Crippen molar-refractivity contribution in [3.8, 4) is 0 Å². The average molecular weight is 314 g/mol. The van der Waals surface area contributed by atoms with E-state index in [2.05, 4.69) is 27.8 Å². The van der Waals surface area contributed by atoms with E-state index < -0.39 is 5.97 Å². The zero-order valence-electron chi connectivity index (χ0n) is 10.2. The molecule has 1 aromatic rings. The summed E-state index contributed by atoms with van der Waals surface area (Å²) in [5, 5.41) is 12.1. The van der Waals surface area contributed by atoms with Crippen LogP contribution in [0.5, 0.6) is 0 Å². The minimum atomic E-state index is -0.951. The van der Waals surface area contributed by atoms with Gasteiger partial charge in [-0.25, -0.2) is 4.79 Å². The zero-order valence-corrected chi connectivity index (χ0v) is 11.8. The van der Waals surface area contributed by atoms with Crippen molar-refractivity contribution in [3.05, 3.63) is 40.4 Å². The van der Waals surface area contributed by atoms with Crippen LogP contribution in [0.1, 0.15) is 17.3 Å². The Bertz CT molecular complexity index is 446. The second-order valence-corrected chi connectivity index (χ2v) is 4.85. The molecule has 0 radical (unpaired) electrons. The smallest absolute Gasteiger partial charge is 0.337 e. The van der Waals surface area contributed by atoms with Crippen molar-refractivity contribution in [1.82, 2.24) is 0 Å². The van der Waals surface area contributed by atoms with Crippen LogP contribution in [-0.4, -0.2) is 30.8 Å². The molecule has 0 bridgehead atoms. The van der Waals surface area contributed by atoms with Crippen LogP contribution in [0, 0.1) is 0 Å². The minimum absolute atomic E-state index is 0.248. The van der Waals surface area contributed by atoms with Crippen LogP contribution >= 0.6 is 15.9 Å². The lowest BCUT2D eigenvalue weighted by atomic mass is 10.2. The summed E-state index contributed by atoms with van der Waals surface area (Å²) in [6.45, 7) is 7.19. The second-order valence-electron chi connectivity index (χ2n) is 3.93. The predicted octanol–water partition coefficient (Wildman–Crippen LogP) is 3.15. The maximum absolute atomic E-state index is 11.0. The number of nitrogens with one attached hydrogen (secondary N) is 1. The molecule has 0 saturated heterocycles. The van der Waals surface area contributed by atoms with E-state index in [4.69, 9.17) is 9.84 Å². The van der Waals surface area contributed by atoms with E-state index in [0.717, 1.165) is 10.0 Å². The first-order valence-corrected chi connectivity index (χ1v) is 6.29. The topological polar surface area (TPSA) is 58.6 Å². The van der Waals surface area contributed by atoms with Gasteiger partial charge in [0.1, 0.15) is 0 Å². The predicted molar refractivity (Wildman–Crippen MR) is 75.2 cm³/mol. The lowest BCUT2D eigenvalue weighted by molar-refractivity contribution is 0.0698. The van der Waals surface area contributed by atoms with Crippen molar-refractivity contribution < 1.29 is 14.6 Å². The summed E-state index contributed by atoms with van der Waals surface area (Å²) in [6.07, 6.45) is 0. The molecule has 0 heterocycles. The number of benzene rings is 1. The Morgan fingerprint density at radius 2 is 2.28 bits per heavy atom. The van der Waals surface area contributed by atoms with Crippen LogP contribution in [0.4, 0.5) is 5.69 Å². The third-order valence-corrected chi connectivity index (χ3v) is 2.62. The number of anilines is 1. The molecule has 1 rings (SSSR count). The van der Waals surface area contributed by atoms with Crippen LogP contribution < -0.4 is 5.32 Å². The van der Waals surface area contributed by atoms with E-state index in [1.54, 1.807) is 18.2 Å². The number of aromatic carboxylic acids is 1. The molecule has 0 spiro atoms. The Balaban J connectivity index is 2.53. The summed E-state index contributed by atoms with van der Waals surface area (Å²) in [5.41, 5.74) is 1.79. The van der Waals surface area contributed by atoms with Gasteiger partial charge in [-0.3, -0.25) is 0 Å². The highest BCUT2D eigenvalue weighted by atomic mass is 79.9. The number of halogens is 1. The minimum Gasteiger partial charge on any atom is -0.478 e. The van der Waals surface area contributed by atoms with Crippen LogP contribution in [0.25, 0.3) is 0 Å². The summed E-state index contributed by atoms with van der Waals surface area (Å²) in [7, 11) is 0. The Morgan fingerprint density at radius 3 is 2.89 bits per heavy atom. The number of carboxylic acids is 1. The third kappa shape index (κ3) is 4.89. The summed E-state index contributed by atoms with van der Waals surface area (Å²) < 4.78 is 6.16. The van der Waals surface area contributed by atoms with Gasteiger partial charge in [0.05, 0.1) is 18.8 Å². The summed E-state index contributed by atoms with van der Waals surface area (Å²) in [5.74, 6) is -0.951. The van der Waals surface area contributed by atoms with Crippen molar-refractivity contribution in [2.75, 3.05) is 25.1 Å². The van der Waals surface area contributed by atoms with Gasteiger partial charge in [-0.2, -0.15) is 0 Å². The van der Waals surface area contributed by atoms with E-state index in [1.165, 1.54) is 0 Å². The van der Waals surface area contributed by atoms with E-state index >= 15 is 0 Å². The normalized spacial score (nSPS) is 10.1. The third-order valence-electron chi connectivity index (χ3n) is 2.12. The molecular weight excluding hydrogens is 298 g/mol. The molecule has 0 atom stereocenters. The molecule has 0 saturated carbocycles. The maximum atomic E-state index is 11.0. The summed E-state index contributed by atoms with van der Waals surface area (Å²) >= 11 is 3.31. The van der Waals surface area contributed by atoms with E-state index in [-0.39, 0.29) is 5.56 Å². The lowest BCUT2D eigenvalue weighted by Gasteiger charge is -2.10. The van der Waals surface area contributed by atoms with Crippen molar-refractivity contribution >= 4 is 27.6 Å². The van der Waals surface area contributed by atoms with Crippen molar-refractivity contribution in [2.24, 2.45) is 0 Å². The quantitative estimate of drug-likeness (QED) is 0.599. The fraction of sp³-hybridized carbons (Fsp3) is 0.308. The summed E-state index contributed by atoms with van der Waals surface area (Å²) in [4.78, 5) is 11.0. The van der Waals surface area contributed by atoms with Gasteiger partial charge in [0.15, 0.2) is 0 Å². The molecule has 0 aliphatic carbocycles. The number of carbonyl (C=O) groups is 1. The average Bonchev–Trinajstić information content (AvgIpc) is 2.27. The lowest BCUT2D eigenvalue weighted by Crippen LogP contribution is -2.13. The maximum Gasteiger partial charge on any atom is 0.337 e. The van der Waals surface area contributed by atoms with E-state index in [0.29, 0.717) is 25.4 Å². The molecule has 0 amide bonds. The number of carboxylic acid groups (broad SMARTS) is 1. The van der Waals surface area contributed by atoms with Crippen LogP contribution in [0.2, 0.25) is 0 Å². The van der Waals surface area contributed by atoms with Crippen LogP contribution in [-0.2, 0) is 4.74 Å². The van der Waals surface area contributed by atoms with Crippen molar-refractivity contribution in [2.45, 2.75) is 6.92 Å². The van der Waals surface area contributed by atoms with Gasteiger partial charge >= 0.3 is 5.97 Å². The van der Waals surface area contributed by atoms with Gasteiger partial charge in [-0.1, -0.05) is 28.1 Å². The van der Waals surface area contributed by atoms with E-state index in [1.807, 2.05) is 6.92 Å². The van der Waals surface area contributed by atoms with Gasteiger partial charge in [0.2, 0.25) is 0 Å². The zero-order chi connectivity index (χ0) is 13.5. The first kappa shape index (κ1) is 14.7. The van der Waals surface area contributed by atoms with Gasteiger partial charge in [-0.05, 0) is 25.1 Å². The molecular formula is C13H16BrNO3. The van der Waals surface area contributed by atoms with E-state index in [9.17, 15) is 4.79 Å². The molecule has 0 aromatic heterocycles. The molecule has 4 nitrogen and oxygen atoms in total. The van der Waals surface area contributed by atoms with Gasteiger partial charge < -0.3 is 15.2 Å². The van der Waals surface area contributed by atoms with Gasteiger partial charge in [0, 0.05) is 16.7 Å². The number of ether oxygens (including phenoxy) is 1. The molecule has 0 aliphatic heterocycles. The number of rotatable bonds is 7. The molecule has 0 unspecified atom stereocenters. The standard InChI is InChI=1S/C13H16BrNO3/c1-9(2)8-18-6-5-15-12-7-10(14)3-4-11(12)13(16)17/h3-4,7,15H,1,5-6,8H2,2H3,(H,16,17). The van der Waals surface area contributed by atoms with Crippen molar-refractivity contribution in [3.63, 3.8) is 0 Å². The number of hydrogen-bond donors (Lipinski definition) is 2. The Kier molecular flexibility index (Phi) is 5.88. The molecule has 0 fully saturated rings. The molecule has 18 heavy (non-hydrogen) atoms.